The Bertz CT molecular complexity index is 334. The van der Waals surface area contributed by atoms with Crippen LogP contribution >= 0.6 is 0 Å². The molecule has 1 aromatic rings. The Balaban J connectivity index is 2.65. The van der Waals surface area contributed by atoms with Crippen molar-refractivity contribution in [1.29, 1.82) is 0 Å². The molecular weight excluding hydrogens is 188 g/mol. The number of rotatable bonds is 5. The molecule has 0 fully saturated rings. The molecule has 0 spiro atoms. The minimum Gasteiger partial charge on any atom is -0.398 e. The first-order chi connectivity index (χ1) is 7.27. The molecule has 82 valence electrons. The maximum absolute atomic E-state index is 9.04. The first kappa shape index (κ1) is 11.8. The van der Waals surface area contributed by atoms with Gasteiger partial charge < -0.3 is 16.2 Å². The lowest BCUT2D eigenvalue weighted by Gasteiger charge is -2.03. The van der Waals surface area contributed by atoms with E-state index in [9.17, 15) is 0 Å². The Kier molecular flexibility index (Phi) is 4.87. The van der Waals surface area contributed by atoms with Crippen LogP contribution in [0.3, 0.4) is 0 Å². The van der Waals surface area contributed by atoms with Crippen LogP contribution in [0.1, 0.15) is 17.5 Å². The molecule has 0 amide bonds. The SMILES string of the molecule is CNCCC=Cc1ccc(N)c(CO)c1. The van der Waals surface area contributed by atoms with E-state index in [4.69, 9.17) is 10.8 Å². The fourth-order valence-corrected chi connectivity index (χ4v) is 1.31. The molecule has 1 rings (SSSR count). The first-order valence-corrected chi connectivity index (χ1v) is 5.08. The summed E-state index contributed by atoms with van der Waals surface area (Å²) in [5, 5.41) is 12.1. The zero-order chi connectivity index (χ0) is 11.1. The van der Waals surface area contributed by atoms with Gasteiger partial charge in [0.25, 0.3) is 0 Å². The van der Waals surface area contributed by atoms with Crippen LogP contribution in [0.25, 0.3) is 6.08 Å². The van der Waals surface area contributed by atoms with Crippen LogP contribution in [0.15, 0.2) is 24.3 Å². The van der Waals surface area contributed by atoms with Gasteiger partial charge in [0, 0.05) is 11.3 Å². The summed E-state index contributed by atoms with van der Waals surface area (Å²) < 4.78 is 0. The first-order valence-electron chi connectivity index (χ1n) is 5.08. The molecule has 0 radical (unpaired) electrons. The molecule has 0 aliphatic heterocycles. The van der Waals surface area contributed by atoms with Crippen molar-refractivity contribution in [3.05, 3.63) is 35.4 Å². The van der Waals surface area contributed by atoms with Crippen molar-refractivity contribution in [3.63, 3.8) is 0 Å². The molecule has 1 aromatic carbocycles. The van der Waals surface area contributed by atoms with Gasteiger partial charge in [-0.1, -0.05) is 18.2 Å². The van der Waals surface area contributed by atoms with Gasteiger partial charge in [0.1, 0.15) is 0 Å². The Hall–Kier alpha value is -1.32. The number of anilines is 1. The van der Waals surface area contributed by atoms with E-state index in [-0.39, 0.29) is 6.61 Å². The lowest BCUT2D eigenvalue weighted by atomic mass is 10.1. The molecule has 0 saturated carbocycles. The molecule has 0 unspecified atom stereocenters. The molecule has 4 N–H and O–H groups in total. The largest absolute Gasteiger partial charge is 0.398 e. The average Bonchev–Trinajstić information content (AvgIpc) is 2.26. The van der Waals surface area contributed by atoms with Crippen LogP contribution in [0.2, 0.25) is 0 Å². The summed E-state index contributed by atoms with van der Waals surface area (Å²) in [5.74, 6) is 0. The van der Waals surface area contributed by atoms with Gasteiger partial charge in [0.15, 0.2) is 0 Å². The van der Waals surface area contributed by atoms with Gasteiger partial charge in [-0.3, -0.25) is 0 Å². The molecule has 15 heavy (non-hydrogen) atoms. The van der Waals surface area contributed by atoms with Crippen molar-refractivity contribution >= 4 is 11.8 Å². The highest BCUT2D eigenvalue weighted by Crippen LogP contribution is 2.15. The van der Waals surface area contributed by atoms with Crippen LogP contribution in [0, 0.1) is 0 Å². The van der Waals surface area contributed by atoms with E-state index < -0.39 is 0 Å². The van der Waals surface area contributed by atoms with Crippen LogP contribution in [-0.2, 0) is 6.61 Å². The highest BCUT2D eigenvalue weighted by atomic mass is 16.3. The minimum absolute atomic E-state index is 0.00989. The average molecular weight is 206 g/mol. The van der Waals surface area contributed by atoms with Crippen molar-refractivity contribution in [3.8, 4) is 0 Å². The lowest BCUT2D eigenvalue weighted by Crippen LogP contribution is -2.05. The molecule has 0 atom stereocenters. The number of hydrogen-bond acceptors (Lipinski definition) is 3. The van der Waals surface area contributed by atoms with Crippen molar-refractivity contribution < 1.29 is 5.11 Å². The maximum Gasteiger partial charge on any atom is 0.0702 e. The summed E-state index contributed by atoms with van der Waals surface area (Å²) in [6.07, 6.45) is 5.13. The molecule has 3 nitrogen and oxygen atoms in total. The quantitative estimate of drug-likeness (QED) is 0.504. The lowest BCUT2D eigenvalue weighted by molar-refractivity contribution is 0.282. The molecule has 3 heteroatoms. The summed E-state index contributed by atoms with van der Waals surface area (Å²) in [6.45, 7) is 0.961. The maximum atomic E-state index is 9.04. The van der Waals surface area contributed by atoms with E-state index in [0.29, 0.717) is 5.69 Å². The highest BCUT2D eigenvalue weighted by Gasteiger charge is 1.97. The molecule has 0 aliphatic carbocycles. The normalized spacial score (nSPS) is 11.1. The summed E-state index contributed by atoms with van der Waals surface area (Å²) in [6, 6.07) is 5.68. The van der Waals surface area contributed by atoms with Crippen molar-refractivity contribution in [2.45, 2.75) is 13.0 Å². The summed E-state index contributed by atoms with van der Waals surface area (Å²) in [5.41, 5.74) is 8.18. The van der Waals surface area contributed by atoms with Gasteiger partial charge >= 0.3 is 0 Å². The van der Waals surface area contributed by atoms with Crippen LogP contribution in [0.5, 0.6) is 0 Å². The zero-order valence-electron chi connectivity index (χ0n) is 9.03. The fraction of sp³-hybridized carbons (Fsp3) is 0.333. The number of aliphatic hydroxyl groups excluding tert-OH is 1. The second kappa shape index (κ2) is 6.22. The van der Waals surface area contributed by atoms with Gasteiger partial charge in [-0.25, -0.2) is 0 Å². The van der Waals surface area contributed by atoms with Gasteiger partial charge in [0.05, 0.1) is 6.61 Å². The fourth-order valence-electron chi connectivity index (χ4n) is 1.31. The Morgan fingerprint density at radius 2 is 2.27 bits per heavy atom. The third kappa shape index (κ3) is 3.73. The Morgan fingerprint density at radius 3 is 2.93 bits per heavy atom. The van der Waals surface area contributed by atoms with E-state index in [1.807, 2.05) is 31.3 Å². The van der Waals surface area contributed by atoms with Gasteiger partial charge in [-0.15, -0.1) is 0 Å². The van der Waals surface area contributed by atoms with Crippen molar-refractivity contribution in [2.75, 3.05) is 19.3 Å². The predicted octanol–water partition coefficient (Wildman–Crippen LogP) is 1.38. The third-order valence-electron chi connectivity index (χ3n) is 2.21. The number of benzene rings is 1. The third-order valence-corrected chi connectivity index (χ3v) is 2.21. The summed E-state index contributed by atoms with van der Waals surface area (Å²) >= 11 is 0. The van der Waals surface area contributed by atoms with Crippen LogP contribution < -0.4 is 11.1 Å². The van der Waals surface area contributed by atoms with E-state index >= 15 is 0 Å². The molecule has 0 bridgehead atoms. The number of nitrogens with one attached hydrogen (secondary N) is 1. The number of nitrogens with two attached hydrogens (primary N) is 1. The van der Waals surface area contributed by atoms with E-state index in [1.54, 1.807) is 0 Å². The summed E-state index contributed by atoms with van der Waals surface area (Å²) in [7, 11) is 1.93. The Morgan fingerprint density at radius 1 is 1.47 bits per heavy atom. The zero-order valence-corrected chi connectivity index (χ0v) is 9.03. The molecular formula is C12H18N2O. The van der Waals surface area contributed by atoms with E-state index in [1.165, 1.54) is 0 Å². The smallest absolute Gasteiger partial charge is 0.0702 e. The molecule has 0 aromatic heterocycles. The van der Waals surface area contributed by atoms with Gasteiger partial charge in [-0.05, 0) is 37.7 Å². The van der Waals surface area contributed by atoms with Crippen molar-refractivity contribution in [2.24, 2.45) is 0 Å². The molecule has 0 aliphatic rings. The van der Waals surface area contributed by atoms with Crippen LogP contribution in [-0.4, -0.2) is 18.7 Å². The predicted molar refractivity (Wildman–Crippen MR) is 64.4 cm³/mol. The standard InChI is InChI=1S/C12H18N2O/c1-14-7-3-2-4-10-5-6-12(13)11(8-10)9-15/h2,4-6,8,14-15H,3,7,9,13H2,1H3. The topological polar surface area (TPSA) is 58.3 Å². The highest BCUT2D eigenvalue weighted by molar-refractivity contribution is 5.57. The van der Waals surface area contributed by atoms with Gasteiger partial charge in [0.2, 0.25) is 0 Å². The number of aliphatic hydroxyl groups is 1. The van der Waals surface area contributed by atoms with E-state index in [0.717, 1.165) is 24.1 Å². The molecule has 0 heterocycles. The second-order valence-corrected chi connectivity index (χ2v) is 3.41. The second-order valence-electron chi connectivity index (χ2n) is 3.41. The van der Waals surface area contributed by atoms with Crippen molar-refractivity contribution in [1.82, 2.24) is 5.32 Å². The summed E-state index contributed by atoms with van der Waals surface area (Å²) in [4.78, 5) is 0. The van der Waals surface area contributed by atoms with Crippen LogP contribution in [0.4, 0.5) is 5.69 Å². The molecule has 0 saturated heterocycles. The number of hydrogen-bond donors (Lipinski definition) is 3. The van der Waals surface area contributed by atoms with Gasteiger partial charge in [-0.2, -0.15) is 0 Å². The minimum atomic E-state index is -0.00989. The monoisotopic (exact) mass is 206 g/mol. The van der Waals surface area contributed by atoms with E-state index in [2.05, 4.69) is 11.4 Å². The Labute approximate surface area is 90.6 Å². The number of nitrogen functional groups attached to an aromatic ring is 1.